The molecule has 3 fully saturated rings. The molecule has 2 amide bonds. The summed E-state index contributed by atoms with van der Waals surface area (Å²) < 4.78 is 5.18. The van der Waals surface area contributed by atoms with Crippen LogP contribution in [0.15, 0.2) is 34.1 Å². The number of esters is 1. The van der Waals surface area contributed by atoms with E-state index < -0.39 is 17.8 Å². The highest BCUT2D eigenvalue weighted by molar-refractivity contribution is 8.00. The van der Waals surface area contributed by atoms with Crippen molar-refractivity contribution in [2.24, 2.45) is 29.6 Å². The number of phenolic OH excluding ortho intramolecular Hbond substituents is 1. The molecule has 8 nitrogen and oxygen atoms in total. The van der Waals surface area contributed by atoms with Crippen molar-refractivity contribution in [1.29, 1.82) is 0 Å². The molecule has 10 heteroatoms. The van der Waals surface area contributed by atoms with Crippen molar-refractivity contribution in [3.63, 3.8) is 0 Å². The Bertz CT molecular complexity index is 1250. The van der Waals surface area contributed by atoms with Gasteiger partial charge in [-0.05, 0) is 55.7 Å². The summed E-state index contributed by atoms with van der Waals surface area (Å²) in [6, 6.07) is 7.04. The largest absolute Gasteiger partial charge is 0.508 e. The molecule has 2 aromatic rings. The van der Waals surface area contributed by atoms with E-state index in [0.717, 1.165) is 26.8 Å². The number of rotatable bonds is 4. The van der Waals surface area contributed by atoms with Gasteiger partial charge in [-0.25, -0.2) is 0 Å². The van der Waals surface area contributed by atoms with Gasteiger partial charge in [0.15, 0.2) is 0 Å². The zero-order valence-corrected chi connectivity index (χ0v) is 20.2. The molecule has 1 saturated heterocycles. The van der Waals surface area contributed by atoms with E-state index in [2.05, 4.69) is 4.98 Å². The second-order valence-corrected chi connectivity index (χ2v) is 12.1. The lowest BCUT2D eigenvalue weighted by molar-refractivity contribution is -0.155. The van der Waals surface area contributed by atoms with E-state index in [0.29, 0.717) is 0 Å². The van der Waals surface area contributed by atoms with Crippen LogP contribution in [0.5, 0.6) is 5.75 Å². The van der Waals surface area contributed by atoms with Gasteiger partial charge in [0.2, 0.25) is 11.8 Å². The Kier molecular flexibility index (Phi) is 4.97. The third-order valence-electron chi connectivity index (χ3n) is 7.72. The van der Waals surface area contributed by atoms with Crippen molar-refractivity contribution in [2.45, 2.75) is 42.6 Å². The number of hydrogen-bond donors (Lipinski definition) is 2. The van der Waals surface area contributed by atoms with Crippen molar-refractivity contribution in [3.05, 3.63) is 44.4 Å². The maximum Gasteiger partial charge on any atom is 0.326 e. The number of carbonyl (C=O) groups excluding carboxylic acids is 3. The predicted octanol–water partition coefficient (Wildman–Crippen LogP) is 2.57. The van der Waals surface area contributed by atoms with E-state index >= 15 is 0 Å². The molecule has 2 saturated carbocycles. The fourth-order valence-corrected chi connectivity index (χ4v) is 9.61. The zero-order valence-electron chi connectivity index (χ0n) is 18.6. The van der Waals surface area contributed by atoms with Gasteiger partial charge in [0, 0.05) is 16.0 Å². The number of imide groups is 1. The second kappa shape index (κ2) is 7.71. The molecule has 178 valence electrons. The second-order valence-electron chi connectivity index (χ2n) is 9.85. The highest BCUT2D eigenvalue weighted by Gasteiger charge is 2.69. The minimum atomic E-state index is -0.572. The summed E-state index contributed by atoms with van der Waals surface area (Å²) >= 11 is 2.82. The van der Waals surface area contributed by atoms with Gasteiger partial charge in [-0.2, -0.15) is 0 Å². The molecule has 0 radical (unpaired) electrons. The first-order chi connectivity index (χ1) is 16.2. The molecule has 2 aliphatic carbocycles. The van der Waals surface area contributed by atoms with Gasteiger partial charge in [0.1, 0.15) is 12.3 Å². The number of amides is 2. The Balaban J connectivity index is 1.37. The summed E-state index contributed by atoms with van der Waals surface area (Å²) in [4.78, 5) is 56.2. The number of carbonyl (C=O) groups is 3. The van der Waals surface area contributed by atoms with E-state index in [-0.39, 0.29) is 64.0 Å². The molecule has 2 bridgehead atoms. The van der Waals surface area contributed by atoms with Crippen LogP contribution in [-0.4, -0.2) is 50.7 Å². The number of thioether (sulfide) groups is 1. The molecule has 2 aliphatic heterocycles. The first-order valence-electron chi connectivity index (χ1n) is 11.5. The number of aromatic nitrogens is 1. The molecule has 3 heterocycles. The number of hydrogen-bond acceptors (Lipinski definition) is 8. The number of aromatic hydroxyl groups is 1. The summed E-state index contributed by atoms with van der Waals surface area (Å²) in [5.41, 5.74) is 0.989. The number of likely N-dealkylation sites (tertiary alicyclic amines) is 1. The van der Waals surface area contributed by atoms with Crippen molar-refractivity contribution >= 4 is 40.9 Å². The summed E-state index contributed by atoms with van der Waals surface area (Å²) in [6.45, 7) is 3.12. The van der Waals surface area contributed by atoms with Crippen molar-refractivity contribution in [1.82, 2.24) is 9.88 Å². The Morgan fingerprint density at radius 1 is 1.15 bits per heavy atom. The van der Waals surface area contributed by atoms with E-state index in [1.54, 1.807) is 37.7 Å². The van der Waals surface area contributed by atoms with Crippen molar-refractivity contribution in [2.75, 3.05) is 6.54 Å². The molecular formula is C24H24N2O6S2. The average Bonchev–Trinajstić information content (AvgIpc) is 3.49. The van der Waals surface area contributed by atoms with Crippen LogP contribution in [0.1, 0.15) is 36.6 Å². The first-order valence-corrected chi connectivity index (χ1v) is 13.2. The van der Waals surface area contributed by atoms with Gasteiger partial charge in [0.05, 0.1) is 23.0 Å². The number of H-pyrrole nitrogens is 1. The van der Waals surface area contributed by atoms with E-state index in [9.17, 15) is 24.3 Å². The molecular weight excluding hydrogens is 476 g/mol. The molecule has 4 aliphatic rings. The number of benzene rings is 1. The number of phenols is 1. The first kappa shape index (κ1) is 21.9. The Morgan fingerprint density at radius 3 is 2.50 bits per heavy atom. The van der Waals surface area contributed by atoms with Gasteiger partial charge >= 0.3 is 10.8 Å². The highest BCUT2D eigenvalue weighted by Crippen LogP contribution is 2.68. The van der Waals surface area contributed by atoms with Crippen molar-refractivity contribution < 1.29 is 24.2 Å². The highest BCUT2D eigenvalue weighted by atomic mass is 32.2. The number of ether oxygens (including phenoxy) is 1. The molecule has 7 atom stereocenters. The predicted molar refractivity (Wildman–Crippen MR) is 125 cm³/mol. The lowest BCUT2D eigenvalue weighted by Crippen LogP contribution is -2.42. The smallest absolute Gasteiger partial charge is 0.326 e. The lowest BCUT2D eigenvalue weighted by atomic mass is 9.68. The zero-order chi connectivity index (χ0) is 23.9. The monoisotopic (exact) mass is 500 g/mol. The number of fused-ring (bicyclic) bond motifs is 9. The summed E-state index contributed by atoms with van der Waals surface area (Å²) in [5, 5.41) is 10.7. The van der Waals surface area contributed by atoms with E-state index in [4.69, 9.17) is 4.74 Å². The molecule has 34 heavy (non-hydrogen) atoms. The van der Waals surface area contributed by atoms with Gasteiger partial charge in [-0.15, -0.1) is 11.8 Å². The maximum absolute atomic E-state index is 13.4. The summed E-state index contributed by atoms with van der Waals surface area (Å²) in [7, 11) is 0. The third kappa shape index (κ3) is 3.11. The maximum atomic E-state index is 13.4. The van der Waals surface area contributed by atoms with Gasteiger partial charge in [-0.1, -0.05) is 23.5 Å². The lowest BCUT2D eigenvalue weighted by Gasteiger charge is -2.43. The molecule has 6 rings (SSSR count). The SMILES string of the molecule is CC(C)OC(=O)CN1C(=O)C2C3CC(C2C1=O)C1C(c2ccc(O)cc2)c2sc(=O)[nH]c2SC31. The van der Waals surface area contributed by atoms with E-state index in [1.165, 1.54) is 11.3 Å². The molecule has 2 N–H and O–H groups in total. The Morgan fingerprint density at radius 2 is 1.82 bits per heavy atom. The quantitative estimate of drug-likeness (QED) is 0.490. The van der Waals surface area contributed by atoms with Gasteiger partial charge in [0.25, 0.3) is 0 Å². The van der Waals surface area contributed by atoms with Crippen LogP contribution in [-0.2, 0) is 19.1 Å². The van der Waals surface area contributed by atoms with Crippen LogP contribution in [0.3, 0.4) is 0 Å². The molecule has 7 unspecified atom stereocenters. The fraction of sp³-hybridized carbons (Fsp3) is 0.500. The topological polar surface area (TPSA) is 117 Å². The van der Waals surface area contributed by atoms with Gasteiger partial charge in [-0.3, -0.25) is 24.1 Å². The van der Waals surface area contributed by atoms with Crippen LogP contribution >= 0.6 is 23.1 Å². The minimum Gasteiger partial charge on any atom is -0.508 e. The molecule has 1 aromatic heterocycles. The van der Waals surface area contributed by atoms with Crippen LogP contribution in [0.4, 0.5) is 0 Å². The average molecular weight is 501 g/mol. The summed E-state index contributed by atoms with van der Waals surface area (Å²) in [6.07, 6.45) is 0.468. The van der Waals surface area contributed by atoms with Crippen LogP contribution in [0.2, 0.25) is 0 Å². The molecule has 1 aromatic carbocycles. The standard InChI is InChI=1S/C24H24N2O6S2/c1-9(2)32-14(28)8-26-22(29)17-12-7-13(18(17)23(26)30)19-16(12)15(10-3-5-11(27)6-4-10)20-21(33-19)25-24(31)34-20/h3-6,9,12-13,15-19,27H,7-8H2,1-2H3,(H,25,31). The minimum absolute atomic E-state index is 0.00346. The van der Waals surface area contributed by atoms with Crippen LogP contribution in [0.25, 0.3) is 0 Å². The van der Waals surface area contributed by atoms with E-state index in [1.807, 2.05) is 12.1 Å². The van der Waals surface area contributed by atoms with Crippen LogP contribution < -0.4 is 4.87 Å². The summed E-state index contributed by atoms with van der Waals surface area (Å²) in [5.74, 6) is -1.84. The normalized spacial score (nSPS) is 33.3. The third-order valence-corrected chi connectivity index (χ3v) is 10.3. The van der Waals surface area contributed by atoms with Gasteiger partial charge < -0.3 is 14.8 Å². The Hall–Kier alpha value is -2.59. The Labute approximate surface area is 203 Å². The number of thiazole rings is 1. The molecule has 0 spiro atoms. The number of nitrogens with zero attached hydrogens (tertiary/aromatic N) is 1. The number of nitrogens with one attached hydrogen (secondary N) is 1. The fourth-order valence-electron chi connectivity index (χ4n) is 6.72. The number of aromatic amines is 1. The van der Waals surface area contributed by atoms with Crippen LogP contribution in [0, 0.1) is 29.6 Å². The van der Waals surface area contributed by atoms with Crippen molar-refractivity contribution in [3.8, 4) is 5.75 Å².